The molecule has 31 heavy (non-hydrogen) atoms. The molecule has 0 aliphatic carbocycles. The molecule has 10 heteroatoms. The molecule has 1 aliphatic rings. The molecule has 0 radical (unpaired) electrons. The van der Waals surface area contributed by atoms with Crippen LogP contribution in [0.4, 0.5) is 0 Å². The third kappa shape index (κ3) is 4.26. The van der Waals surface area contributed by atoms with Crippen LogP contribution in [-0.4, -0.2) is 69.4 Å². The van der Waals surface area contributed by atoms with Crippen molar-refractivity contribution < 1.29 is 34.7 Å². The number of carbonyl (C=O) groups is 1. The van der Waals surface area contributed by atoms with Gasteiger partial charge in [-0.15, -0.1) is 0 Å². The van der Waals surface area contributed by atoms with E-state index in [1.807, 2.05) is 0 Å². The molecule has 2 heterocycles. The van der Waals surface area contributed by atoms with Crippen LogP contribution < -0.4 is 10.1 Å². The predicted octanol–water partition coefficient (Wildman–Crippen LogP) is 0.963. The maximum Gasteiger partial charge on any atom is 0.279 e. The number of hydrogen-bond donors (Lipinski definition) is 5. The van der Waals surface area contributed by atoms with Gasteiger partial charge < -0.3 is 35.2 Å². The molecule has 1 amide bonds. The molecule has 5 N–H and O–H groups in total. The van der Waals surface area contributed by atoms with E-state index in [9.17, 15) is 25.2 Å². The fourth-order valence-electron chi connectivity index (χ4n) is 3.47. The van der Waals surface area contributed by atoms with E-state index in [1.165, 1.54) is 11.3 Å². The second-order valence-corrected chi connectivity index (χ2v) is 8.16. The predicted molar refractivity (Wildman–Crippen MR) is 112 cm³/mol. The minimum atomic E-state index is -1.46. The quantitative estimate of drug-likeness (QED) is 0.390. The highest BCUT2D eigenvalue weighted by Gasteiger charge is 2.44. The molecule has 1 fully saturated rings. The van der Waals surface area contributed by atoms with Gasteiger partial charge in [0.25, 0.3) is 11.1 Å². The maximum atomic E-state index is 11.8. The lowest BCUT2D eigenvalue weighted by atomic mass is 9.91. The Balaban J connectivity index is 1.57. The molecule has 1 aromatic heterocycles. The first-order chi connectivity index (χ1) is 14.9. The second kappa shape index (κ2) is 8.87. The summed E-state index contributed by atoms with van der Waals surface area (Å²) in [6.45, 7) is -0.499. The third-order valence-electron chi connectivity index (χ3n) is 5.14. The van der Waals surface area contributed by atoms with Gasteiger partial charge in [0.2, 0.25) is 0 Å². The maximum absolute atomic E-state index is 11.8. The van der Waals surface area contributed by atoms with Crippen molar-refractivity contribution in [3.05, 3.63) is 53.6 Å². The number of benzene rings is 2. The number of aromatic nitrogens is 1. The minimum absolute atomic E-state index is 0.190. The van der Waals surface area contributed by atoms with Crippen molar-refractivity contribution in [1.29, 1.82) is 0 Å². The van der Waals surface area contributed by atoms with Gasteiger partial charge in [-0.3, -0.25) is 4.79 Å². The molecule has 1 saturated heterocycles. The van der Waals surface area contributed by atoms with Gasteiger partial charge in [0.05, 0.1) is 16.8 Å². The Labute approximate surface area is 181 Å². The summed E-state index contributed by atoms with van der Waals surface area (Å²) in [6.07, 6.45) is -6.20. The van der Waals surface area contributed by atoms with Crippen molar-refractivity contribution in [2.24, 2.45) is 0 Å². The van der Waals surface area contributed by atoms with Gasteiger partial charge in [-0.1, -0.05) is 23.5 Å². The van der Waals surface area contributed by atoms with E-state index < -0.39 is 37.1 Å². The van der Waals surface area contributed by atoms with Gasteiger partial charge >= 0.3 is 0 Å². The van der Waals surface area contributed by atoms with E-state index >= 15 is 0 Å². The van der Waals surface area contributed by atoms with E-state index in [-0.39, 0.29) is 5.91 Å². The van der Waals surface area contributed by atoms with E-state index in [2.05, 4.69) is 10.3 Å². The number of fused-ring (bicyclic) bond motifs is 1. The van der Waals surface area contributed by atoms with Crippen molar-refractivity contribution in [3.8, 4) is 10.9 Å². The number of nitrogens with one attached hydrogen (secondary N) is 1. The number of ether oxygens (including phenoxy) is 2. The van der Waals surface area contributed by atoms with Gasteiger partial charge in [-0.05, 0) is 35.9 Å². The first-order valence-corrected chi connectivity index (χ1v) is 10.4. The molecule has 164 valence electrons. The van der Waals surface area contributed by atoms with Crippen LogP contribution in [0, 0.1) is 0 Å². The number of thiazole rings is 1. The van der Waals surface area contributed by atoms with Crippen LogP contribution in [-0.2, 0) is 4.74 Å². The van der Waals surface area contributed by atoms with Crippen molar-refractivity contribution in [1.82, 2.24) is 10.3 Å². The van der Waals surface area contributed by atoms with Gasteiger partial charge in [0.1, 0.15) is 36.3 Å². The van der Waals surface area contributed by atoms with Gasteiger partial charge in [-0.2, -0.15) is 0 Å². The monoisotopic (exact) mass is 446 g/mol. The average molecular weight is 446 g/mol. The summed E-state index contributed by atoms with van der Waals surface area (Å²) in [5.41, 5.74) is 1.73. The van der Waals surface area contributed by atoms with Crippen molar-refractivity contribution in [3.63, 3.8) is 0 Å². The number of aliphatic hydroxyl groups excluding tert-OH is 4. The third-order valence-corrected chi connectivity index (χ3v) is 6.04. The second-order valence-electron chi connectivity index (χ2n) is 7.17. The number of carbonyl (C=O) groups excluding carboxylic acids is 1. The van der Waals surface area contributed by atoms with E-state index in [1.54, 1.807) is 49.5 Å². The number of hydrogen-bond acceptors (Lipinski definition) is 9. The summed E-state index contributed by atoms with van der Waals surface area (Å²) >= 11 is 1.28. The van der Waals surface area contributed by atoms with Crippen LogP contribution in [0.3, 0.4) is 0 Å². The first-order valence-electron chi connectivity index (χ1n) is 9.62. The molecule has 1 aliphatic heterocycles. The summed E-state index contributed by atoms with van der Waals surface area (Å²) < 4.78 is 12.3. The Morgan fingerprint density at radius 3 is 2.71 bits per heavy atom. The van der Waals surface area contributed by atoms with Gasteiger partial charge in [0.15, 0.2) is 0 Å². The standard InChI is InChI=1S/C21H22N2O7S/c1-22-20(28)11-5-6-13-15(8-11)31-21(23-13)29-12-4-2-3-10(7-12)19-18(27)17(26)16(25)14(9-24)30-19/h2-8,14,16-19,24-27H,9H2,1H3,(H,22,28)/t14-,16-,17+,18+,19?/m1/s1. The van der Waals surface area contributed by atoms with Crippen molar-refractivity contribution >= 4 is 27.5 Å². The van der Waals surface area contributed by atoms with Gasteiger partial charge in [0, 0.05) is 12.6 Å². The summed E-state index contributed by atoms with van der Waals surface area (Å²) in [6, 6.07) is 11.9. The lowest BCUT2D eigenvalue weighted by molar-refractivity contribution is -0.231. The number of nitrogens with zero attached hydrogens (tertiary/aromatic N) is 1. The summed E-state index contributed by atoms with van der Waals surface area (Å²) in [7, 11) is 1.57. The Morgan fingerprint density at radius 2 is 1.97 bits per heavy atom. The summed E-state index contributed by atoms with van der Waals surface area (Å²) in [4.78, 5) is 16.2. The lowest BCUT2D eigenvalue weighted by Gasteiger charge is -2.40. The largest absolute Gasteiger partial charge is 0.431 e. The zero-order chi connectivity index (χ0) is 22.1. The van der Waals surface area contributed by atoms with Crippen LogP contribution in [0.1, 0.15) is 22.0 Å². The molecule has 0 spiro atoms. The molecule has 0 saturated carbocycles. The minimum Gasteiger partial charge on any atom is -0.431 e. The number of aliphatic hydroxyl groups is 4. The van der Waals surface area contributed by atoms with E-state index in [4.69, 9.17) is 9.47 Å². The van der Waals surface area contributed by atoms with E-state index in [0.717, 1.165) is 4.70 Å². The van der Waals surface area contributed by atoms with Crippen molar-refractivity contribution in [2.45, 2.75) is 30.5 Å². The molecule has 0 bridgehead atoms. The molecule has 4 rings (SSSR count). The van der Waals surface area contributed by atoms with Crippen LogP contribution in [0.15, 0.2) is 42.5 Å². The lowest BCUT2D eigenvalue weighted by Crippen LogP contribution is -2.55. The molecule has 9 nitrogen and oxygen atoms in total. The van der Waals surface area contributed by atoms with Crippen LogP contribution in [0.2, 0.25) is 0 Å². The molecule has 3 aromatic rings. The number of rotatable bonds is 5. The molecular formula is C21H22N2O7S. The van der Waals surface area contributed by atoms with Crippen molar-refractivity contribution in [2.75, 3.05) is 13.7 Å². The highest BCUT2D eigenvalue weighted by molar-refractivity contribution is 7.20. The molecule has 2 aromatic carbocycles. The Morgan fingerprint density at radius 1 is 1.16 bits per heavy atom. The highest BCUT2D eigenvalue weighted by atomic mass is 32.1. The first kappa shape index (κ1) is 21.6. The van der Waals surface area contributed by atoms with Gasteiger partial charge in [-0.25, -0.2) is 4.98 Å². The zero-order valence-electron chi connectivity index (χ0n) is 16.5. The SMILES string of the molecule is CNC(=O)c1ccc2nc(Oc3cccc(C4O[C@H](CO)[C@@H](O)[C@H](O)[C@@H]4O)c3)sc2c1. The number of amides is 1. The Kier molecular flexibility index (Phi) is 6.19. The summed E-state index contributed by atoms with van der Waals surface area (Å²) in [5.74, 6) is 0.241. The Bertz CT molecular complexity index is 1090. The normalized spacial score (nSPS) is 26.0. The van der Waals surface area contributed by atoms with Crippen LogP contribution in [0.25, 0.3) is 10.2 Å². The summed E-state index contributed by atoms with van der Waals surface area (Å²) in [5, 5.41) is 42.7. The topological polar surface area (TPSA) is 141 Å². The van der Waals surface area contributed by atoms with Crippen LogP contribution in [0.5, 0.6) is 10.9 Å². The average Bonchev–Trinajstić information content (AvgIpc) is 3.18. The highest BCUT2D eigenvalue weighted by Crippen LogP contribution is 2.36. The van der Waals surface area contributed by atoms with E-state index in [0.29, 0.717) is 27.6 Å². The fraction of sp³-hybridized carbons (Fsp3) is 0.333. The zero-order valence-corrected chi connectivity index (χ0v) is 17.3. The Hall–Kier alpha value is -2.60. The smallest absolute Gasteiger partial charge is 0.279 e. The molecular weight excluding hydrogens is 424 g/mol. The van der Waals surface area contributed by atoms with Crippen LogP contribution >= 0.6 is 11.3 Å². The molecule has 5 atom stereocenters. The molecule has 1 unspecified atom stereocenters. The fourth-order valence-corrected chi connectivity index (χ4v) is 4.34.